The Hall–Kier alpha value is -2.50. The quantitative estimate of drug-likeness (QED) is 0.524. The average molecular weight is 372 g/mol. The van der Waals surface area contributed by atoms with Gasteiger partial charge in [0.25, 0.3) is 0 Å². The highest BCUT2D eigenvalue weighted by atomic mass is 35.5. The third-order valence-corrected chi connectivity index (χ3v) is 4.51. The third-order valence-electron chi connectivity index (χ3n) is 4.21. The first-order valence-corrected chi connectivity index (χ1v) is 8.94. The minimum absolute atomic E-state index is 0.0502. The highest BCUT2D eigenvalue weighted by Gasteiger charge is 2.06. The van der Waals surface area contributed by atoms with E-state index in [-0.39, 0.29) is 5.91 Å². The van der Waals surface area contributed by atoms with Gasteiger partial charge in [-0.15, -0.1) is 0 Å². The Bertz CT molecular complexity index is 892. The maximum absolute atomic E-state index is 12.0. The fourth-order valence-electron chi connectivity index (χ4n) is 2.86. The summed E-state index contributed by atoms with van der Waals surface area (Å²) in [5.41, 5.74) is 3.10. The number of hydrogen-bond acceptors (Lipinski definition) is 3. The molecular weight excluding hydrogens is 350 g/mol. The van der Waals surface area contributed by atoms with Gasteiger partial charge in [-0.2, -0.15) is 0 Å². The average Bonchev–Trinajstić information content (AvgIpc) is 3.05. The predicted molar refractivity (Wildman–Crippen MR) is 106 cm³/mol. The maximum Gasteiger partial charge on any atom is 0.225 e. The summed E-state index contributed by atoms with van der Waals surface area (Å²) in [5.74, 6) is 0.537. The Balaban J connectivity index is 1.39. The summed E-state index contributed by atoms with van der Waals surface area (Å²) < 4.78 is 5.10. The summed E-state index contributed by atoms with van der Waals surface area (Å²) in [6, 6.07) is 13.4. The first kappa shape index (κ1) is 18.3. The maximum atomic E-state index is 12.0. The molecular formula is C20H22ClN3O2. The smallest absolute Gasteiger partial charge is 0.225 e. The molecule has 3 N–H and O–H groups in total. The molecule has 1 aromatic heterocycles. The molecule has 5 nitrogen and oxygen atoms in total. The fourth-order valence-corrected chi connectivity index (χ4v) is 3.11. The highest BCUT2D eigenvalue weighted by molar-refractivity contribution is 6.32. The lowest BCUT2D eigenvalue weighted by Gasteiger charge is -2.08. The fraction of sp³-hybridized carbons (Fsp3) is 0.250. The van der Waals surface area contributed by atoms with Crippen LogP contribution in [0.25, 0.3) is 10.9 Å². The van der Waals surface area contributed by atoms with Gasteiger partial charge in [-0.3, -0.25) is 4.79 Å². The number of carbonyl (C=O) groups is 1. The van der Waals surface area contributed by atoms with Crippen molar-refractivity contribution in [3.63, 3.8) is 0 Å². The second-order valence-electron chi connectivity index (χ2n) is 6.01. The van der Waals surface area contributed by atoms with Gasteiger partial charge in [0.1, 0.15) is 5.75 Å². The second kappa shape index (κ2) is 8.74. The molecule has 1 heterocycles. The number of amides is 1. The zero-order chi connectivity index (χ0) is 18.4. The normalized spacial score (nSPS) is 10.8. The summed E-state index contributed by atoms with van der Waals surface area (Å²) in [6.07, 6.45) is 3.36. The van der Waals surface area contributed by atoms with Crippen LogP contribution in [0.15, 0.2) is 48.7 Å². The third kappa shape index (κ3) is 4.56. The molecule has 3 aromatic rings. The van der Waals surface area contributed by atoms with Crippen LogP contribution in [0.3, 0.4) is 0 Å². The van der Waals surface area contributed by atoms with E-state index in [1.165, 1.54) is 10.9 Å². The van der Waals surface area contributed by atoms with Crippen LogP contribution in [0, 0.1) is 0 Å². The van der Waals surface area contributed by atoms with E-state index in [0.717, 1.165) is 18.5 Å². The Labute approximate surface area is 157 Å². The molecule has 0 fully saturated rings. The molecule has 0 aliphatic heterocycles. The van der Waals surface area contributed by atoms with Gasteiger partial charge >= 0.3 is 0 Å². The van der Waals surface area contributed by atoms with Gasteiger partial charge in [0.2, 0.25) is 5.91 Å². The number of methoxy groups -OCH3 is 1. The van der Waals surface area contributed by atoms with Crippen molar-refractivity contribution in [3.8, 4) is 5.75 Å². The van der Waals surface area contributed by atoms with E-state index in [4.69, 9.17) is 16.3 Å². The zero-order valence-electron chi connectivity index (χ0n) is 14.6. The minimum atomic E-state index is -0.0502. The molecule has 2 aromatic carbocycles. The van der Waals surface area contributed by atoms with E-state index in [2.05, 4.69) is 27.8 Å². The predicted octanol–water partition coefficient (Wildman–Crippen LogP) is 3.99. The number of fused-ring (bicyclic) bond motifs is 1. The van der Waals surface area contributed by atoms with Gasteiger partial charge < -0.3 is 20.4 Å². The van der Waals surface area contributed by atoms with Gasteiger partial charge in [0.05, 0.1) is 12.1 Å². The molecule has 0 spiro atoms. The van der Waals surface area contributed by atoms with Crippen LogP contribution in [0.5, 0.6) is 5.75 Å². The van der Waals surface area contributed by atoms with Crippen LogP contribution >= 0.6 is 11.6 Å². The Kier molecular flexibility index (Phi) is 6.15. The number of aromatic amines is 1. The van der Waals surface area contributed by atoms with E-state index in [0.29, 0.717) is 29.4 Å². The van der Waals surface area contributed by atoms with Crippen molar-refractivity contribution in [2.75, 3.05) is 25.5 Å². The monoisotopic (exact) mass is 371 g/mol. The van der Waals surface area contributed by atoms with E-state index < -0.39 is 0 Å². The number of nitrogens with one attached hydrogen (secondary N) is 3. The number of para-hydroxylation sites is 1. The first-order chi connectivity index (χ1) is 12.7. The van der Waals surface area contributed by atoms with Crippen molar-refractivity contribution >= 4 is 34.1 Å². The summed E-state index contributed by atoms with van der Waals surface area (Å²) in [4.78, 5) is 15.3. The van der Waals surface area contributed by atoms with Gasteiger partial charge in [-0.25, -0.2) is 0 Å². The highest BCUT2D eigenvalue weighted by Crippen LogP contribution is 2.27. The topological polar surface area (TPSA) is 66.2 Å². The van der Waals surface area contributed by atoms with E-state index in [1.54, 1.807) is 25.3 Å². The summed E-state index contributed by atoms with van der Waals surface area (Å²) in [6.45, 7) is 1.45. The molecule has 0 saturated heterocycles. The Morgan fingerprint density at radius 2 is 2.04 bits per heavy atom. The first-order valence-electron chi connectivity index (χ1n) is 8.56. The van der Waals surface area contributed by atoms with Crippen LogP contribution in [0.2, 0.25) is 5.02 Å². The van der Waals surface area contributed by atoms with Crippen molar-refractivity contribution < 1.29 is 9.53 Å². The molecule has 0 aliphatic rings. The molecule has 0 bridgehead atoms. The molecule has 0 radical (unpaired) electrons. The number of carbonyl (C=O) groups excluding carboxylic acids is 1. The molecule has 26 heavy (non-hydrogen) atoms. The van der Waals surface area contributed by atoms with Crippen molar-refractivity contribution in [1.82, 2.24) is 10.3 Å². The standard InChI is InChI=1S/C20H22ClN3O2/c1-26-19-7-6-15(12-17(19)21)24-20(25)9-11-22-10-8-14-13-23-18-5-3-2-4-16(14)18/h2-7,12-13,22-23H,8-11H2,1H3,(H,24,25). The van der Waals surface area contributed by atoms with E-state index in [1.807, 2.05) is 18.3 Å². The minimum Gasteiger partial charge on any atom is -0.495 e. The van der Waals surface area contributed by atoms with Crippen molar-refractivity contribution in [2.45, 2.75) is 12.8 Å². The van der Waals surface area contributed by atoms with Crippen molar-refractivity contribution in [2.24, 2.45) is 0 Å². The lowest BCUT2D eigenvalue weighted by molar-refractivity contribution is -0.116. The van der Waals surface area contributed by atoms with Crippen molar-refractivity contribution in [3.05, 3.63) is 59.2 Å². The SMILES string of the molecule is COc1ccc(NC(=O)CCNCCc2c[nH]c3ccccc23)cc1Cl. The number of hydrogen-bond donors (Lipinski definition) is 3. The molecule has 3 rings (SSSR count). The van der Waals surface area contributed by atoms with Crippen LogP contribution < -0.4 is 15.4 Å². The van der Waals surface area contributed by atoms with Crippen LogP contribution in [-0.4, -0.2) is 31.1 Å². The van der Waals surface area contributed by atoms with Crippen LogP contribution in [0.1, 0.15) is 12.0 Å². The molecule has 1 amide bonds. The van der Waals surface area contributed by atoms with Gasteiger partial charge in [-0.05, 0) is 42.8 Å². The zero-order valence-corrected chi connectivity index (χ0v) is 15.4. The number of anilines is 1. The number of benzene rings is 2. The van der Waals surface area contributed by atoms with Crippen molar-refractivity contribution in [1.29, 1.82) is 0 Å². The number of rotatable bonds is 8. The number of halogens is 1. The molecule has 0 atom stereocenters. The lowest BCUT2D eigenvalue weighted by Crippen LogP contribution is -2.23. The second-order valence-corrected chi connectivity index (χ2v) is 6.41. The van der Waals surface area contributed by atoms with Crippen LogP contribution in [0.4, 0.5) is 5.69 Å². The lowest BCUT2D eigenvalue weighted by atomic mass is 10.1. The number of H-pyrrole nitrogens is 1. The molecule has 6 heteroatoms. The number of ether oxygens (including phenoxy) is 1. The van der Waals surface area contributed by atoms with Gasteiger partial charge in [0, 0.05) is 35.8 Å². The van der Waals surface area contributed by atoms with Crippen LogP contribution in [-0.2, 0) is 11.2 Å². The molecule has 0 unspecified atom stereocenters. The summed E-state index contributed by atoms with van der Waals surface area (Å²) >= 11 is 6.06. The molecule has 0 saturated carbocycles. The number of aromatic nitrogens is 1. The Morgan fingerprint density at radius 1 is 1.19 bits per heavy atom. The largest absolute Gasteiger partial charge is 0.495 e. The molecule has 136 valence electrons. The molecule has 0 aliphatic carbocycles. The van der Waals surface area contributed by atoms with Gasteiger partial charge in [-0.1, -0.05) is 29.8 Å². The summed E-state index contributed by atoms with van der Waals surface area (Å²) in [7, 11) is 1.56. The summed E-state index contributed by atoms with van der Waals surface area (Å²) in [5, 5.41) is 7.88. The van der Waals surface area contributed by atoms with E-state index >= 15 is 0 Å². The van der Waals surface area contributed by atoms with E-state index in [9.17, 15) is 4.79 Å². The van der Waals surface area contributed by atoms with Gasteiger partial charge in [0.15, 0.2) is 0 Å². The Morgan fingerprint density at radius 3 is 2.85 bits per heavy atom.